The van der Waals surface area contributed by atoms with Crippen molar-refractivity contribution >= 4 is 21.2 Å². The third kappa shape index (κ3) is 3.38. The standard InChI is InChI=1S/C13H20N2O2S/c1-11(2)14-12-3-5-13(6-4-12)15-7-9-18(16,17)10-8-15/h3-6,11,14H,7-10H2,1-2H3. The van der Waals surface area contributed by atoms with E-state index in [1.807, 2.05) is 24.3 Å². The number of hydrogen-bond donors (Lipinski definition) is 1. The average molecular weight is 268 g/mol. The van der Waals surface area contributed by atoms with Crippen molar-refractivity contribution in [3.05, 3.63) is 24.3 Å². The second kappa shape index (κ2) is 5.18. The van der Waals surface area contributed by atoms with Crippen LogP contribution in [0.2, 0.25) is 0 Å². The van der Waals surface area contributed by atoms with Crippen LogP contribution in [-0.2, 0) is 9.84 Å². The van der Waals surface area contributed by atoms with Crippen molar-refractivity contribution in [3.63, 3.8) is 0 Å². The smallest absolute Gasteiger partial charge is 0.153 e. The first-order valence-electron chi connectivity index (χ1n) is 6.28. The summed E-state index contributed by atoms with van der Waals surface area (Å²) in [5.74, 6) is 0.526. The van der Waals surface area contributed by atoms with Gasteiger partial charge in [-0.2, -0.15) is 0 Å². The Kier molecular flexibility index (Phi) is 3.80. The normalized spacial score (nSPS) is 18.9. The molecule has 100 valence electrons. The SMILES string of the molecule is CC(C)Nc1ccc(N2CCS(=O)(=O)CC2)cc1. The summed E-state index contributed by atoms with van der Waals surface area (Å²) in [5, 5.41) is 3.33. The molecule has 2 rings (SSSR count). The van der Waals surface area contributed by atoms with Gasteiger partial charge in [0.05, 0.1) is 11.5 Å². The summed E-state index contributed by atoms with van der Waals surface area (Å²) in [6, 6.07) is 8.58. The van der Waals surface area contributed by atoms with Crippen LogP contribution in [0.5, 0.6) is 0 Å². The Morgan fingerprint density at radius 1 is 1.11 bits per heavy atom. The van der Waals surface area contributed by atoms with Gasteiger partial charge in [-0.15, -0.1) is 0 Å². The van der Waals surface area contributed by atoms with Gasteiger partial charge in [-0.05, 0) is 38.1 Å². The van der Waals surface area contributed by atoms with Gasteiger partial charge >= 0.3 is 0 Å². The number of hydrogen-bond acceptors (Lipinski definition) is 4. The van der Waals surface area contributed by atoms with Gasteiger partial charge < -0.3 is 10.2 Å². The Morgan fingerprint density at radius 2 is 1.67 bits per heavy atom. The van der Waals surface area contributed by atoms with E-state index in [0.717, 1.165) is 11.4 Å². The summed E-state index contributed by atoms with van der Waals surface area (Å²) >= 11 is 0. The van der Waals surface area contributed by atoms with E-state index in [2.05, 4.69) is 24.1 Å². The van der Waals surface area contributed by atoms with E-state index in [-0.39, 0.29) is 11.5 Å². The predicted molar refractivity (Wildman–Crippen MR) is 76.1 cm³/mol. The van der Waals surface area contributed by atoms with Crippen molar-refractivity contribution < 1.29 is 8.42 Å². The molecule has 1 aromatic carbocycles. The summed E-state index contributed by atoms with van der Waals surface area (Å²) in [6.07, 6.45) is 0. The molecule has 4 nitrogen and oxygen atoms in total. The molecular weight excluding hydrogens is 248 g/mol. The molecule has 1 aliphatic heterocycles. The number of rotatable bonds is 3. The van der Waals surface area contributed by atoms with Gasteiger partial charge in [-0.3, -0.25) is 0 Å². The maximum atomic E-state index is 11.4. The number of anilines is 2. The third-order valence-electron chi connectivity index (χ3n) is 3.03. The molecule has 0 bridgehead atoms. The first kappa shape index (κ1) is 13.2. The van der Waals surface area contributed by atoms with Crippen LogP contribution >= 0.6 is 0 Å². The average Bonchev–Trinajstić information content (AvgIpc) is 2.30. The summed E-state index contributed by atoms with van der Waals surface area (Å²) in [6.45, 7) is 5.39. The maximum Gasteiger partial charge on any atom is 0.153 e. The van der Waals surface area contributed by atoms with E-state index in [4.69, 9.17) is 0 Å². The number of nitrogens with zero attached hydrogens (tertiary/aromatic N) is 1. The van der Waals surface area contributed by atoms with Crippen molar-refractivity contribution in [1.82, 2.24) is 0 Å². The highest BCUT2D eigenvalue weighted by molar-refractivity contribution is 7.91. The van der Waals surface area contributed by atoms with Crippen molar-refractivity contribution in [3.8, 4) is 0 Å². The predicted octanol–water partition coefficient (Wildman–Crippen LogP) is 1.74. The molecule has 5 heteroatoms. The Hall–Kier alpha value is -1.23. The molecule has 18 heavy (non-hydrogen) atoms. The van der Waals surface area contributed by atoms with E-state index < -0.39 is 9.84 Å². The number of benzene rings is 1. The van der Waals surface area contributed by atoms with Crippen LogP contribution in [0.3, 0.4) is 0 Å². The van der Waals surface area contributed by atoms with E-state index in [1.54, 1.807) is 0 Å². The highest BCUT2D eigenvalue weighted by Crippen LogP contribution is 2.20. The molecule has 0 radical (unpaired) electrons. The summed E-state index contributed by atoms with van der Waals surface area (Å²) in [7, 11) is -2.80. The van der Waals surface area contributed by atoms with Crippen molar-refractivity contribution in [2.45, 2.75) is 19.9 Å². The van der Waals surface area contributed by atoms with E-state index in [1.165, 1.54) is 0 Å². The fourth-order valence-corrected chi connectivity index (χ4v) is 3.27. The van der Waals surface area contributed by atoms with Gasteiger partial charge in [-0.1, -0.05) is 0 Å². The monoisotopic (exact) mass is 268 g/mol. The highest BCUT2D eigenvalue weighted by Gasteiger charge is 2.21. The lowest BCUT2D eigenvalue weighted by Gasteiger charge is -2.28. The second-order valence-electron chi connectivity index (χ2n) is 4.98. The fourth-order valence-electron chi connectivity index (χ4n) is 2.07. The zero-order valence-corrected chi connectivity index (χ0v) is 11.7. The molecule has 1 aromatic rings. The molecule has 1 heterocycles. The van der Waals surface area contributed by atoms with E-state index in [0.29, 0.717) is 19.1 Å². The van der Waals surface area contributed by atoms with Crippen molar-refractivity contribution in [1.29, 1.82) is 0 Å². The molecule has 0 atom stereocenters. The van der Waals surface area contributed by atoms with Crippen molar-refractivity contribution in [2.75, 3.05) is 34.8 Å². The molecule has 1 saturated heterocycles. The quantitative estimate of drug-likeness (QED) is 0.907. The summed E-state index contributed by atoms with van der Waals surface area (Å²) in [4.78, 5) is 2.13. The van der Waals surface area contributed by atoms with Gasteiger partial charge in [-0.25, -0.2) is 8.42 Å². The minimum Gasteiger partial charge on any atom is -0.383 e. The molecule has 1 N–H and O–H groups in total. The molecule has 0 aromatic heterocycles. The van der Waals surface area contributed by atoms with Gasteiger partial charge in [0.2, 0.25) is 0 Å². The van der Waals surface area contributed by atoms with E-state index >= 15 is 0 Å². The Labute approximate surface area is 109 Å². The Bertz CT molecular complexity index is 480. The van der Waals surface area contributed by atoms with Crippen LogP contribution in [0.4, 0.5) is 11.4 Å². The second-order valence-corrected chi connectivity index (χ2v) is 7.29. The van der Waals surface area contributed by atoms with Crippen LogP contribution in [-0.4, -0.2) is 39.1 Å². The van der Waals surface area contributed by atoms with Crippen LogP contribution in [0.25, 0.3) is 0 Å². The summed E-state index contributed by atoms with van der Waals surface area (Å²) < 4.78 is 22.7. The van der Waals surface area contributed by atoms with Gasteiger partial charge in [0, 0.05) is 30.5 Å². The Morgan fingerprint density at radius 3 is 2.17 bits per heavy atom. The highest BCUT2D eigenvalue weighted by atomic mass is 32.2. The molecule has 0 amide bonds. The number of sulfone groups is 1. The molecule has 0 spiro atoms. The van der Waals surface area contributed by atoms with Crippen molar-refractivity contribution in [2.24, 2.45) is 0 Å². The minimum absolute atomic E-state index is 0.263. The fraction of sp³-hybridized carbons (Fsp3) is 0.538. The number of nitrogens with one attached hydrogen (secondary N) is 1. The van der Waals surface area contributed by atoms with Crippen LogP contribution in [0.15, 0.2) is 24.3 Å². The van der Waals surface area contributed by atoms with Gasteiger partial charge in [0.15, 0.2) is 9.84 Å². The molecule has 1 fully saturated rings. The lowest BCUT2D eigenvalue weighted by Crippen LogP contribution is -2.40. The molecule has 0 unspecified atom stereocenters. The van der Waals surface area contributed by atoms with Gasteiger partial charge in [0.1, 0.15) is 0 Å². The van der Waals surface area contributed by atoms with Crippen LogP contribution in [0.1, 0.15) is 13.8 Å². The van der Waals surface area contributed by atoms with Gasteiger partial charge in [0.25, 0.3) is 0 Å². The summed E-state index contributed by atoms with van der Waals surface area (Å²) in [5.41, 5.74) is 2.19. The van der Waals surface area contributed by atoms with Crippen LogP contribution < -0.4 is 10.2 Å². The first-order valence-corrected chi connectivity index (χ1v) is 8.10. The lowest BCUT2D eigenvalue weighted by atomic mass is 10.2. The molecular formula is C13H20N2O2S. The van der Waals surface area contributed by atoms with E-state index in [9.17, 15) is 8.42 Å². The zero-order chi connectivity index (χ0) is 13.2. The maximum absolute atomic E-state index is 11.4. The minimum atomic E-state index is -2.80. The van der Waals surface area contributed by atoms with Crippen LogP contribution in [0, 0.1) is 0 Å². The first-order chi connectivity index (χ1) is 8.46. The zero-order valence-electron chi connectivity index (χ0n) is 10.9. The molecule has 1 aliphatic rings. The molecule has 0 aliphatic carbocycles. The topological polar surface area (TPSA) is 49.4 Å². The lowest BCUT2D eigenvalue weighted by molar-refractivity contribution is 0.587. The Balaban J connectivity index is 2.02. The third-order valence-corrected chi connectivity index (χ3v) is 4.64. The molecule has 0 saturated carbocycles. The largest absolute Gasteiger partial charge is 0.383 e.